The van der Waals surface area contributed by atoms with Crippen molar-refractivity contribution in [2.24, 2.45) is 0 Å². The van der Waals surface area contributed by atoms with E-state index in [-0.39, 0.29) is 11.3 Å². The van der Waals surface area contributed by atoms with E-state index in [1.54, 1.807) is 36.4 Å². The largest absolute Gasteiger partial charge is 0.345 e. The Kier molecular flexibility index (Phi) is 4.55. The van der Waals surface area contributed by atoms with Gasteiger partial charge in [0, 0.05) is 10.2 Å². The lowest BCUT2D eigenvalue weighted by molar-refractivity contribution is 1.37. The summed E-state index contributed by atoms with van der Waals surface area (Å²) in [7, 11) is 0. The zero-order chi connectivity index (χ0) is 12.8. The lowest BCUT2D eigenvalue weighted by atomic mass is 10.2. The quantitative estimate of drug-likeness (QED) is 0.849. The van der Waals surface area contributed by atoms with Gasteiger partial charge in [-0.05, 0) is 34.1 Å². The number of anilines is 1. The first kappa shape index (κ1) is 13.1. The third kappa shape index (κ3) is 3.23. The van der Waals surface area contributed by atoms with Gasteiger partial charge in [-0.1, -0.05) is 11.6 Å². The Hall–Kier alpha value is -2.00. The second kappa shape index (κ2) is 5.92. The molecule has 0 radical (unpaired) electrons. The highest BCUT2D eigenvalue weighted by atomic mass is 79.9. The Morgan fingerprint density at radius 2 is 1.82 bits per heavy atom. The third-order valence-electron chi connectivity index (χ3n) is 1.77. The number of nitrogens with zero attached hydrogens (tertiary/aromatic N) is 3. The molecule has 0 atom stereocenters. The number of hydrogen-bond acceptors (Lipinski definition) is 4. The first-order valence-corrected chi connectivity index (χ1v) is 5.46. The number of rotatable bonds is 2. The summed E-state index contributed by atoms with van der Waals surface area (Å²) in [6.45, 7) is 0. The Balaban J connectivity index is 3.11. The van der Waals surface area contributed by atoms with E-state index in [9.17, 15) is 0 Å². The van der Waals surface area contributed by atoms with Crippen LogP contribution in [0.1, 0.15) is 0 Å². The first-order chi connectivity index (χ1) is 8.12. The molecule has 0 amide bonds. The summed E-state index contributed by atoms with van der Waals surface area (Å²) in [5, 5.41) is 29.3. The van der Waals surface area contributed by atoms with E-state index in [2.05, 4.69) is 21.2 Å². The fraction of sp³-hybridized carbons (Fsp3) is 0. The Morgan fingerprint density at radius 3 is 2.29 bits per heavy atom. The highest BCUT2D eigenvalue weighted by Gasteiger charge is 2.06. The highest BCUT2D eigenvalue weighted by molar-refractivity contribution is 9.10. The topological polar surface area (TPSA) is 83.4 Å². The summed E-state index contributed by atoms with van der Waals surface area (Å²) in [5.41, 5.74) is 0.151. The monoisotopic (exact) mass is 306 g/mol. The molecule has 17 heavy (non-hydrogen) atoms. The van der Waals surface area contributed by atoms with Gasteiger partial charge in [0.2, 0.25) is 0 Å². The summed E-state index contributed by atoms with van der Waals surface area (Å²) >= 11 is 9.10. The molecule has 6 heteroatoms. The van der Waals surface area contributed by atoms with E-state index < -0.39 is 0 Å². The van der Waals surface area contributed by atoms with Crippen molar-refractivity contribution in [3.63, 3.8) is 0 Å². The fourth-order valence-corrected chi connectivity index (χ4v) is 1.43. The average Bonchev–Trinajstić information content (AvgIpc) is 2.33. The molecule has 0 fully saturated rings. The van der Waals surface area contributed by atoms with Gasteiger partial charge in [0.25, 0.3) is 0 Å². The second-order valence-corrected chi connectivity index (χ2v) is 4.10. The summed E-state index contributed by atoms with van der Waals surface area (Å²) in [6, 6.07) is 9.97. The molecule has 0 bridgehead atoms. The molecule has 1 aromatic carbocycles. The van der Waals surface area contributed by atoms with Crippen LogP contribution < -0.4 is 5.32 Å². The minimum absolute atomic E-state index is 0.103. The Morgan fingerprint density at radius 1 is 1.18 bits per heavy atom. The smallest absolute Gasteiger partial charge is 0.163 e. The summed E-state index contributed by atoms with van der Waals surface area (Å²) in [5.74, 6) is 0. The van der Waals surface area contributed by atoms with Crippen molar-refractivity contribution in [1.29, 1.82) is 15.8 Å². The van der Waals surface area contributed by atoms with Gasteiger partial charge in [-0.15, -0.1) is 0 Å². The fourth-order valence-electron chi connectivity index (χ4n) is 1.00. The molecular formula is C11H4BrClN4. The molecule has 1 rings (SSSR count). The highest BCUT2D eigenvalue weighted by Crippen LogP contribution is 2.26. The van der Waals surface area contributed by atoms with Gasteiger partial charge in [-0.25, -0.2) is 0 Å². The SMILES string of the molecule is N#CC(C#N)=C(C#N)Nc1ccc(Br)c(Cl)c1. The molecule has 1 N–H and O–H groups in total. The predicted molar refractivity (Wildman–Crippen MR) is 66.6 cm³/mol. The standard InChI is InChI=1S/C11H4BrClN4/c12-9-2-1-8(3-10(9)13)17-11(6-16)7(4-14)5-15/h1-3,17H. The molecule has 0 spiro atoms. The number of nitrogens with one attached hydrogen (secondary N) is 1. The maximum atomic E-state index is 8.83. The Labute approximate surface area is 111 Å². The van der Waals surface area contributed by atoms with Crippen LogP contribution in [-0.4, -0.2) is 0 Å². The number of benzene rings is 1. The van der Waals surface area contributed by atoms with Gasteiger partial charge >= 0.3 is 0 Å². The minimum atomic E-state index is -0.272. The maximum Gasteiger partial charge on any atom is 0.163 e. The van der Waals surface area contributed by atoms with Crippen LogP contribution in [0.15, 0.2) is 33.9 Å². The summed E-state index contributed by atoms with van der Waals surface area (Å²) < 4.78 is 0.716. The van der Waals surface area contributed by atoms with Crippen molar-refractivity contribution in [1.82, 2.24) is 0 Å². The van der Waals surface area contributed by atoms with Gasteiger partial charge in [-0.2, -0.15) is 15.8 Å². The van der Waals surface area contributed by atoms with Crippen LogP contribution in [0.25, 0.3) is 0 Å². The van der Waals surface area contributed by atoms with Crippen molar-refractivity contribution >= 4 is 33.2 Å². The van der Waals surface area contributed by atoms with Crippen LogP contribution in [-0.2, 0) is 0 Å². The van der Waals surface area contributed by atoms with Crippen molar-refractivity contribution in [2.45, 2.75) is 0 Å². The molecule has 4 nitrogen and oxygen atoms in total. The zero-order valence-electron chi connectivity index (χ0n) is 8.33. The van der Waals surface area contributed by atoms with E-state index in [0.29, 0.717) is 15.2 Å². The first-order valence-electron chi connectivity index (χ1n) is 4.29. The van der Waals surface area contributed by atoms with E-state index in [0.717, 1.165) is 0 Å². The number of nitriles is 3. The maximum absolute atomic E-state index is 8.83. The van der Waals surface area contributed by atoms with E-state index >= 15 is 0 Å². The number of allylic oxidation sites excluding steroid dienone is 2. The molecule has 0 saturated heterocycles. The average molecular weight is 308 g/mol. The van der Waals surface area contributed by atoms with Gasteiger partial charge in [-0.3, -0.25) is 0 Å². The van der Waals surface area contributed by atoms with Crippen molar-refractivity contribution in [3.8, 4) is 18.2 Å². The predicted octanol–water partition coefficient (Wildman–Crippen LogP) is 3.34. The van der Waals surface area contributed by atoms with Crippen LogP contribution in [0, 0.1) is 34.0 Å². The van der Waals surface area contributed by atoms with Gasteiger partial charge in [0.05, 0.1) is 5.02 Å². The molecule has 0 aliphatic rings. The number of halogens is 2. The van der Waals surface area contributed by atoms with E-state index in [1.807, 2.05) is 0 Å². The van der Waals surface area contributed by atoms with Crippen molar-refractivity contribution in [3.05, 3.63) is 39.0 Å². The molecule has 0 saturated carbocycles. The minimum Gasteiger partial charge on any atom is -0.345 e. The van der Waals surface area contributed by atoms with E-state index in [1.165, 1.54) is 0 Å². The van der Waals surface area contributed by atoms with Crippen LogP contribution in [0.3, 0.4) is 0 Å². The lowest BCUT2D eigenvalue weighted by Crippen LogP contribution is -2.00. The third-order valence-corrected chi connectivity index (χ3v) is 3.01. The Bertz CT molecular complexity index is 585. The zero-order valence-corrected chi connectivity index (χ0v) is 10.7. The molecule has 1 aromatic rings. The summed E-state index contributed by atoms with van der Waals surface area (Å²) in [6.07, 6.45) is 0. The molecular weight excluding hydrogens is 304 g/mol. The molecule has 0 unspecified atom stereocenters. The normalized spacial score (nSPS) is 8.41. The van der Waals surface area contributed by atoms with E-state index in [4.69, 9.17) is 27.4 Å². The van der Waals surface area contributed by atoms with Crippen LogP contribution in [0.4, 0.5) is 5.69 Å². The van der Waals surface area contributed by atoms with Crippen LogP contribution in [0.2, 0.25) is 5.02 Å². The van der Waals surface area contributed by atoms with Gasteiger partial charge in [0.1, 0.15) is 23.9 Å². The van der Waals surface area contributed by atoms with Crippen molar-refractivity contribution < 1.29 is 0 Å². The molecule has 0 aliphatic carbocycles. The molecule has 0 aromatic heterocycles. The second-order valence-electron chi connectivity index (χ2n) is 2.84. The molecule has 0 heterocycles. The molecule has 82 valence electrons. The van der Waals surface area contributed by atoms with Crippen molar-refractivity contribution in [2.75, 3.05) is 5.32 Å². The summed E-state index contributed by atoms with van der Waals surface area (Å²) in [4.78, 5) is 0. The van der Waals surface area contributed by atoms with Crippen LogP contribution in [0.5, 0.6) is 0 Å². The molecule has 0 aliphatic heterocycles. The van der Waals surface area contributed by atoms with Gasteiger partial charge in [0.15, 0.2) is 5.57 Å². The van der Waals surface area contributed by atoms with Gasteiger partial charge < -0.3 is 5.32 Å². The number of hydrogen-bond donors (Lipinski definition) is 1. The lowest BCUT2D eigenvalue weighted by Gasteiger charge is -2.05. The van der Waals surface area contributed by atoms with Crippen LogP contribution >= 0.6 is 27.5 Å².